The van der Waals surface area contributed by atoms with E-state index in [0.29, 0.717) is 43.2 Å². The van der Waals surface area contributed by atoms with E-state index < -0.39 is 0 Å². The van der Waals surface area contributed by atoms with Gasteiger partial charge in [0.2, 0.25) is 0 Å². The minimum atomic E-state index is -0.203. The Bertz CT molecular complexity index is 964. The number of nitrogens with zero attached hydrogens (tertiary/aromatic N) is 1. The van der Waals surface area contributed by atoms with Gasteiger partial charge in [-0.05, 0) is 54.5 Å². The van der Waals surface area contributed by atoms with Crippen LogP contribution < -0.4 is 9.64 Å². The first-order chi connectivity index (χ1) is 13.3. The van der Waals surface area contributed by atoms with Crippen molar-refractivity contribution < 1.29 is 9.53 Å². The maximum absolute atomic E-state index is 13.0. The average molecular weight is 437 g/mol. The average Bonchev–Trinajstić information content (AvgIpc) is 2.72. The van der Waals surface area contributed by atoms with Gasteiger partial charge in [-0.2, -0.15) is 0 Å². The molecule has 0 spiro atoms. The summed E-state index contributed by atoms with van der Waals surface area (Å²) in [6.07, 6.45) is 3.07. The van der Waals surface area contributed by atoms with Crippen molar-refractivity contribution in [2.45, 2.75) is 6.92 Å². The minimum absolute atomic E-state index is 0.203. The summed E-state index contributed by atoms with van der Waals surface area (Å²) in [7, 11) is 3.26. The molecule has 0 aliphatic heterocycles. The Labute approximate surface area is 180 Å². The molecule has 0 aromatic heterocycles. The van der Waals surface area contributed by atoms with E-state index >= 15 is 0 Å². The SMILES string of the molecule is C=C/C(Cl)=C\C(Cl)=C(/C)c1cc(C(=O)N(C)c2ccccc2OC)ccc1Cl. The van der Waals surface area contributed by atoms with E-state index in [4.69, 9.17) is 39.5 Å². The molecular formula is C22H20Cl3NO2. The molecule has 0 unspecified atom stereocenters. The van der Waals surface area contributed by atoms with Gasteiger partial charge in [0.05, 0.1) is 12.8 Å². The molecule has 0 radical (unpaired) electrons. The lowest BCUT2D eigenvalue weighted by Crippen LogP contribution is -2.26. The van der Waals surface area contributed by atoms with E-state index in [1.165, 1.54) is 11.0 Å². The second-order valence-corrected chi connectivity index (χ2v) is 7.19. The third-order valence-corrected chi connectivity index (χ3v) is 5.17. The monoisotopic (exact) mass is 435 g/mol. The Hall–Kier alpha value is -2.20. The van der Waals surface area contributed by atoms with Gasteiger partial charge in [0.25, 0.3) is 5.91 Å². The van der Waals surface area contributed by atoms with Crippen molar-refractivity contribution in [2.24, 2.45) is 0 Å². The highest BCUT2D eigenvalue weighted by molar-refractivity contribution is 6.38. The number of rotatable bonds is 6. The van der Waals surface area contributed by atoms with Crippen LogP contribution in [0.3, 0.4) is 0 Å². The normalized spacial score (nSPS) is 12.3. The number of benzene rings is 2. The van der Waals surface area contributed by atoms with Crippen LogP contribution in [0.25, 0.3) is 5.57 Å². The fraction of sp³-hybridized carbons (Fsp3) is 0.136. The second kappa shape index (κ2) is 9.83. The predicted molar refractivity (Wildman–Crippen MR) is 120 cm³/mol. The van der Waals surface area contributed by atoms with E-state index in [9.17, 15) is 4.79 Å². The highest BCUT2D eigenvalue weighted by atomic mass is 35.5. The molecule has 2 aromatic carbocycles. The van der Waals surface area contributed by atoms with Gasteiger partial charge in [-0.3, -0.25) is 4.79 Å². The zero-order valence-corrected chi connectivity index (χ0v) is 18.1. The van der Waals surface area contributed by atoms with Crippen LogP contribution in [0.15, 0.2) is 71.3 Å². The van der Waals surface area contributed by atoms with E-state index in [0.717, 1.165) is 0 Å². The fourth-order valence-corrected chi connectivity index (χ4v) is 3.22. The molecular weight excluding hydrogens is 417 g/mol. The lowest BCUT2D eigenvalue weighted by atomic mass is 10.0. The summed E-state index contributed by atoms with van der Waals surface area (Å²) in [6, 6.07) is 12.4. The molecule has 0 bridgehead atoms. The highest BCUT2D eigenvalue weighted by Gasteiger charge is 2.18. The Morgan fingerprint density at radius 1 is 1.18 bits per heavy atom. The van der Waals surface area contributed by atoms with Crippen LogP contribution in [0.4, 0.5) is 5.69 Å². The van der Waals surface area contributed by atoms with Gasteiger partial charge in [0.15, 0.2) is 0 Å². The summed E-state index contributed by atoms with van der Waals surface area (Å²) in [5, 5.41) is 1.30. The fourth-order valence-electron chi connectivity index (χ4n) is 2.57. The standard InChI is InChI=1S/C22H20Cl3NO2/c1-5-16(23)13-19(25)14(2)17-12-15(10-11-18(17)24)22(27)26(3)20-8-6-7-9-21(20)28-4/h5-13H,1H2,2-4H3/b16-13+,19-14-. The topological polar surface area (TPSA) is 29.5 Å². The van der Waals surface area contributed by atoms with E-state index in [2.05, 4.69) is 6.58 Å². The molecule has 6 heteroatoms. The van der Waals surface area contributed by atoms with E-state index in [1.54, 1.807) is 44.5 Å². The van der Waals surface area contributed by atoms with Gasteiger partial charge in [0.1, 0.15) is 5.75 Å². The summed E-state index contributed by atoms with van der Waals surface area (Å²) < 4.78 is 5.35. The van der Waals surface area contributed by atoms with Crippen molar-refractivity contribution in [3.05, 3.63) is 87.4 Å². The van der Waals surface area contributed by atoms with Gasteiger partial charge >= 0.3 is 0 Å². The van der Waals surface area contributed by atoms with Gasteiger partial charge in [0, 0.05) is 27.7 Å². The number of hydrogen-bond donors (Lipinski definition) is 0. The van der Waals surface area contributed by atoms with Crippen molar-refractivity contribution >= 4 is 52.0 Å². The second-order valence-electron chi connectivity index (χ2n) is 5.94. The molecule has 0 fully saturated rings. The van der Waals surface area contributed by atoms with Crippen LogP contribution in [0, 0.1) is 0 Å². The maximum atomic E-state index is 13.0. The first-order valence-corrected chi connectivity index (χ1v) is 9.50. The van der Waals surface area contributed by atoms with E-state index in [1.807, 2.05) is 25.1 Å². The summed E-state index contributed by atoms with van der Waals surface area (Å²) in [4.78, 5) is 14.6. The quantitative estimate of drug-likeness (QED) is 0.461. The molecule has 0 saturated heterocycles. The van der Waals surface area contributed by atoms with Crippen molar-refractivity contribution in [3.8, 4) is 5.75 Å². The van der Waals surface area contributed by atoms with Gasteiger partial charge < -0.3 is 9.64 Å². The number of carbonyl (C=O) groups excluding carboxylic acids is 1. The Balaban J connectivity index is 2.46. The molecule has 1 amide bonds. The molecule has 0 atom stereocenters. The Morgan fingerprint density at radius 2 is 1.86 bits per heavy atom. The van der Waals surface area contributed by atoms with Crippen molar-refractivity contribution in [3.63, 3.8) is 0 Å². The lowest BCUT2D eigenvalue weighted by molar-refractivity contribution is 0.0992. The molecule has 0 saturated carbocycles. The van der Waals surface area contributed by atoms with Crippen molar-refractivity contribution in [2.75, 3.05) is 19.1 Å². The van der Waals surface area contributed by atoms with Crippen LogP contribution in [0.1, 0.15) is 22.8 Å². The number of hydrogen-bond acceptors (Lipinski definition) is 2. The number of ether oxygens (including phenoxy) is 1. The molecule has 3 nitrogen and oxygen atoms in total. The summed E-state index contributed by atoms with van der Waals surface area (Å²) >= 11 is 18.7. The summed E-state index contributed by atoms with van der Waals surface area (Å²) in [5.41, 5.74) is 2.48. The van der Waals surface area contributed by atoms with Gasteiger partial charge in [-0.1, -0.05) is 59.6 Å². The number of carbonyl (C=O) groups is 1. The third-order valence-electron chi connectivity index (χ3n) is 4.19. The molecule has 0 heterocycles. The minimum Gasteiger partial charge on any atom is -0.495 e. The molecule has 2 aromatic rings. The summed E-state index contributed by atoms with van der Waals surface area (Å²) in [6.45, 7) is 5.41. The zero-order chi connectivity index (χ0) is 20.8. The lowest BCUT2D eigenvalue weighted by Gasteiger charge is -2.20. The molecule has 0 aliphatic carbocycles. The number of halogens is 3. The van der Waals surface area contributed by atoms with Crippen LogP contribution in [0.2, 0.25) is 5.02 Å². The van der Waals surface area contributed by atoms with Crippen LogP contribution >= 0.6 is 34.8 Å². The van der Waals surface area contributed by atoms with Crippen LogP contribution in [0.5, 0.6) is 5.75 Å². The number of para-hydroxylation sites is 2. The van der Waals surface area contributed by atoms with Crippen LogP contribution in [-0.4, -0.2) is 20.1 Å². The molecule has 2 rings (SSSR count). The number of anilines is 1. The maximum Gasteiger partial charge on any atom is 0.258 e. The van der Waals surface area contributed by atoms with Crippen molar-refractivity contribution in [1.82, 2.24) is 0 Å². The van der Waals surface area contributed by atoms with Crippen molar-refractivity contribution in [1.29, 1.82) is 0 Å². The molecule has 0 N–H and O–H groups in total. The number of methoxy groups -OCH3 is 1. The number of amides is 1. The Kier molecular flexibility index (Phi) is 7.76. The highest BCUT2D eigenvalue weighted by Crippen LogP contribution is 2.32. The smallest absolute Gasteiger partial charge is 0.258 e. The first-order valence-electron chi connectivity index (χ1n) is 8.37. The molecule has 28 heavy (non-hydrogen) atoms. The number of allylic oxidation sites excluding steroid dienone is 5. The largest absolute Gasteiger partial charge is 0.495 e. The van der Waals surface area contributed by atoms with Gasteiger partial charge in [-0.15, -0.1) is 0 Å². The molecule has 0 aliphatic rings. The van der Waals surface area contributed by atoms with Gasteiger partial charge in [-0.25, -0.2) is 0 Å². The summed E-state index contributed by atoms with van der Waals surface area (Å²) in [5.74, 6) is 0.405. The Morgan fingerprint density at radius 3 is 2.50 bits per heavy atom. The van der Waals surface area contributed by atoms with E-state index in [-0.39, 0.29) is 5.91 Å². The van der Waals surface area contributed by atoms with Crippen LogP contribution in [-0.2, 0) is 0 Å². The third kappa shape index (κ3) is 4.99. The predicted octanol–water partition coefficient (Wildman–Crippen LogP) is 6.90. The zero-order valence-electron chi connectivity index (χ0n) is 15.8. The first kappa shape index (κ1) is 22.1. The molecule has 146 valence electrons.